The summed E-state index contributed by atoms with van der Waals surface area (Å²) in [6, 6.07) is 6.17. The molecule has 0 aliphatic heterocycles. The van der Waals surface area contributed by atoms with E-state index >= 15 is 0 Å². The minimum Gasteiger partial charge on any atom is -0.291 e. The van der Waals surface area contributed by atoms with Gasteiger partial charge >= 0.3 is 5.69 Å². The van der Waals surface area contributed by atoms with Crippen molar-refractivity contribution in [2.75, 3.05) is 0 Å². The third-order valence-electron chi connectivity index (χ3n) is 3.50. The Morgan fingerprint density at radius 1 is 1.16 bits per heavy atom. The van der Waals surface area contributed by atoms with Crippen LogP contribution in [0.3, 0.4) is 0 Å². The molecule has 0 spiro atoms. The third-order valence-corrected chi connectivity index (χ3v) is 4.64. The molecule has 1 heterocycles. The van der Waals surface area contributed by atoms with Gasteiger partial charge in [0.15, 0.2) is 0 Å². The fraction of sp³-hybridized carbons (Fsp3) is 0.333. The average molecular weight is 321 g/mol. The molecule has 1 aromatic heterocycles. The van der Waals surface area contributed by atoms with E-state index in [0.29, 0.717) is 6.54 Å². The molecule has 4 heteroatoms. The molecule has 0 fully saturated rings. The number of benzene rings is 1. The molecule has 0 aliphatic rings. The summed E-state index contributed by atoms with van der Waals surface area (Å²) >= 11 is 3.49. The van der Waals surface area contributed by atoms with Crippen LogP contribution in [0.2, 0.25) is 0 Å². The molecule has 3 nitrogen and oxygen atoms in total. The van der Waals surface area contributed by atoms with Crippen LogP contribution < -0.4 is 5.69 Å². The first-order chi connectivity index (χ1) is 8.91. The van der Waals surface area contributed by atoms with Gasteiger partial charge in [0.1, 0.15) is 0 Å². The van der Waals surface area contributed by atoms with Crippen molar-refractivity contribution in [3.63, 3.8) is 0 Å². The summed E-state index contributed by atoms with van der Waals surface area (Å²) in [7, 11) is 0. The maximum atomic E-state index is 12.1. The molecule has 2 rings (SSSR count). The van der Waals surface area contributed by atoms with Crippen LogP contribution in [-0.2, 0) is 6.54 Å². The molecule has 0 bridgehead atoms. The van der Waals surface area contributed by atoms with E-state index in [1.165, 1.54) is 16.7 Å². The van der Waals surface area contributed by atoms with E-state index in [2.05, 4.69) is 46.9 Å². The second-order valence-corrected chi connectivity index (χ2v) is 5.63. The van der Waals surface area contributed by atoms with Crippen molar-refractivity contribution in [3.8, 4) is 0 Å². The van der Waals surface area contributed by atoms with Crippen molar-refractivity contribution in [1.29, 1.82) is 0 Å². The highest BCUT2D eigenvalue weighted by Crippen LogP contribution is 2.19. The molecule has 2 aromatic rings. The van der Waals surface area contributed by atoms with Gasteiger partial charge in [-0.15, -0.1) is 0 Å². The molecule has 0 aliphatic carbocycles. The van der Waals surface area contributed by atoms with E-state index in [4.69, 9.17) is 0 Å². The quantitative estimate of drug-likeness (QED) is 0.851. The molecular weight excluding hydrogens is 304 g/mol. The van der Waals surface area contributed by atoms with E-state index in [0.717, 1.165) is 15.9 Å². The van der Waals surface area contributed by atoms with Gasteiger partial charge in [-0.1, -0.05) is 18.2 Å². The Morgan fingerprint density at radius 3 is 2.32 bits per heavy atom. The smallest absolute Gasteiger partial charge is 0.291 e. The summed E-state index contributed by atoms with van der Waals surface area (Å²) in [6.45, 7) is 8.48. The zero-order chi connectivity index (χ0) is 14.2. The van der Waals surface area contributed by atoms with Crippen molar-refractivity contribution in [2.45, 2.75) is 34.2 Å². The summed E-state index contributed by atoms with van der Waals surface area (Å²) in [4.78, 5) is 16.1. The Morgan fingerprint density at radius 2 is 1.74 bits per heavy atom. The Kier molecular flexibility index (Phi) is 3.90. The van der Waals surface area contributed by atoms with Gasteiger partial charge in [0.2, 0.25) is 0 Å². The zero-order valence-electron chi connectivity index (χ0n) is 11.6. The first kappa shape index (κ1) is 14.0. The maximum Gasteiger partial charge on any atom is 0.348 e. The minimum absolute atomic E-state index is 0.194. The van der Waals surface area contributed by atoms with E-state index in [1.54, 1.807) is 4.57 Å². The first-order valence-electron chi connectivity index (χ1n) is 6.20. The predicted octanol–water partition coefficient (Wildman–Crippen LogP) is 3.29. The number of hydrogen-bond donors (Lipinski definition) is 0. The number of nitrogens with zero attached hydrogens (tertiary/aromatic N) is 2. The Bertz CT molecular complexity index is 669. The topological polar surface area (TPSA) is 34.9 Å². The molecule has 19 heavy (non-hydrogen) atoms. The standard InChI is InChI=1S/C15H17BrN2O/c1-9-6-5-7-10(2)13(9)8-18-12(4)14(16)11(3)17-15(18)19/h5-7H,8H2,1-4H3. The van der Waals surface area contributed by atoms with Gasteiger partial charge < -0.3 is 0 Å². The van der Waals surface area contributed by atoms with Crippen LogP contribution in [0.5, 0.6) is 0 Å². The molecule has 0 N–H and O–H groups in total. The van der Waals surface area contributed by atoms with Gasteiger partial charge in [-0.3, -0.25) is 4.57 Å². The molecular formula is C15H17BrN2O. The maximum absolute atomic E-state index is 12.1. The number of aromatic nitrogens is 2. The van der Waals surface area contributed by atoms with Crippen LogP contribution in [0.15, 0.2) is 27.5 Å². The van der Waals surface area contributed by atoms with Crippen molar-refractivity contribution in [3.05, 3.63) is 61.2 Å². The lowest BCUT2D eigenvalue weighted by atomic mass is 10.0. The third kappa shape index (κ3) is 2.63. The lowest BCUT2D eigenvalue weighted by Crippen LogP contribution is -2.27. The minimum atomic E-state index is -0.194. The predicted molar refractivity (Wildman–Crippen MR) is 80.7 cm³/mol. The Labute approximate surface area is 121 Å². The number of hydrogen-bond acceptors (Lipinski definition) is 2. The molecule has 0 atom stereocenters. The zero-order valence-corrected chi connectivity index (χ0v) is 13.2. The number of aryl methyl sites for hydroxylation is 3. The lowest BCUT2D eigenvalue weighted by Gasteiger charge is -2.15. The van der Waals surface area contributed by atoms with Crippen molar-refractivity contribution in [2.24, 2.45) is 0 Å². The normalized spacial score (nSPS) is 10.8. The van der Waals surface area contributed by atoms with Gasteiger partial charge in [0.05, 0.1) is 16.7 Å². The van der Waals surface area contributed by atoms with Crippen LogP contribution in [0.25, 0.3) is 0 Å². The Balaban J connectivity index is 2.57. The average Bonchev–Trinajstić information content (AvgIpc) is 2.35. The summed E-state index contributed by atoms with van der Waals surface area (Å²) in [5, 5.41) is 0. The molecule has 100 valence electrons. The number of halogens is 1. The van der Waals surface area contributed by atoms with Crippen molar-refractivity contribution in [1.82, 2.24) is 9.55 Å². The molecule has 0 saturated carbocycles. The van der Waals surface area contributed by atoms with Crippen molar-refractivity contribution < 1.29 is 0 Å². The highest BCUT2D eigenvalue weighted by atomic mass is 79.9. The summed E-state index contributed by atoms with van der Waals surface area (Å²) in [6.07, 6.45) is 0. The number of rotatable bonds is 2. The van der Waals surface area contributed by atoms with Crippen LogP contribution in [-0.4, -0.2) is 9.55 Å². The Hall–Kier alpha value is -1.42. The van der Waals surface area contributed by atoms with E-state index in [-0.39, 0.29) is 5.69 Å². The van der Waals surface area contributed by atoms with Crippen LogP contribution in [0.1, 0.15) is 28.1 Å². The van der Waals surface area contributed by atoms with E-state index in [9.17, 15) is 4.79 Å². The second-order valence-electron chi connectivity index (χ2n) is 4.84. The summed E-state index contributed by atoms with van der Waals surface area (Å²) in [5.41, 5.74) is 5.04. The van der Waals surface area contributed by atoms with Gasteiger partial charge in [-0.2, -0.15) is 4.98 Å². The molecule has 0 unspecified atom stereocenters. The molecule has 0 amide bonds. The van der Waals surface area contributed by atoms with E-state index in [1.807, 2.05) is 19.9 Å². The molecule has 0 saturated heterocycles. The lowest BCUT2D eigenvalue weighted by molar-refractivity contribution is 0.683. The summed E-state index contributed by atoms with van der Waals surface area (Å²) < 4.78 is 2.62. The SMILES string of the molecule is Cc1cccc(C)c1Cn1c(C)c(Br)c(C)nc1=O. The van der Waals surface area contributed by atoms with E-state index < -0.39 is 0 Å². The largest absolute Gasteiger partial charge is 0.348 e. The second kappa shape index (κ2) is 5.29. The van der Waals surface area contributed by atoms with Gasteiger partial charge in [-0.25, -0.2) is 4.79 Å². The summed E-state index contributed by atoms with van der Waals surface area (Å²) in [5.74, 6) is 0. The van der Waals surface area contributed by atoms with Crippen LogP contribution >= 0.6 is 15.9 Å². The van der Waals surface area contributed by atoms with Gasteiger partial charge in [-0.05, 0) is 60.3 Å². The molecule has 0 radical (unpaired) electrons. The van der Waals surface area contributed by atoms with Crippen molar-refractivity contribution >= 4 is 15.9 Å². The fourth-order valence-corrected chi connectivity index (χ4v) is 2.52. The molecule has 1 aromatic carbocycles. The highest BCUT2D eigenvalue weighted by Gasteiger charge is 2.11. The van der Waals surface area contributed by atoms with Gasteiger partial charge in [0.25, 0.3) is 0 Å². The monoisotopic (exact) mass is 320 g/mol. The van der Waals surface area contributed by atoms with Crippen LogP contribution in [0.4, 0.5) is 0 Å². The first-order valence-corrected chi connectivity index (χ1v) is 6.99. The van der Waals surface area contributed by atoms with Crippen LogP contribution in [0, 0.1) is 27.7 Å². The fourth-order valence-electron chi connectivity index (χ4n) is 2.22. The highest BCUT2D eigenvalue weighted by molar-refractivity contribution is 9.10. The van der Waals surface area contributed by atoms with Gasteiger partial charge in [0, 0.05) is 5.69 Å².